The van der Waals surface area contributed by atoms with Gasteiger partial charge in [-0.25, -0.2) is 5.43 Å². The Bertz CT molecular complexity index is 240. The number of hydrazine groups is 1. The zero-order valence-electron chi connectivity index (χ0n) is 10.4. The maximum atomic E-state index is 10.9. The van der Waals surface area contributed by atoms with Crippen molar-refractivity contribution in [2.24, 2.45) is 0 Å². The molecule has 0 aliphatic rings. The topological polar surface area (TPSA) is 78.4 Å². The van der Waals surface area contributed by atoms with Crippen LogP contribution in [0.2, 0.25) is 0 Å². The second kappa shape index (κ2) is 11.0. The minimum atomic E-state index is -0.832. The monoisotopic (exact) mass is 282 g/mol. The van der Waals surface area contributed by atoms with E-state index in [0.717, 1.165) is 18.6 Å². The fraction of sp³-hybridized carbons (Fsp3) is 0.900. The van der Waals surface area contributed by atoms with Crippen molar-refractivity contribution in [1.29, 1.82) is 0 Å². The van der Waals surface area contributed by atoms with Crippen LogP contribution in [-0.4, -0.2) is 51.9 Å². The molecule has 5 nitrogen and oxygen atoms in total. The molecular formula is C10H22N2O3S2. The average molecular weight is 282 g/mol. The molecule has 0 aliphatic carbocycles. The molecule has 0 saturated heterocycles. The van der Waals surface area contributed by atoms with Gasteiger partial charge < -0.3 is 5.11 Å². The van der Waals surface area contributed by atoms with Crippen molar-refractivity contribution in [3.8, 4) is 0 Å². The Hall–Kier alpha value is -0.110. The van der Waals surface area contributed by atoms with E-state index in [0.29, 0.717) is 18.7 Å². The molecule has 0 bridgehead atoms. The molecule has 2 unspecified atom stereocenters. The smallest absolute Gasteiger partial charge is 0.322 e. The van der Waals surface area contributed by atoms with E-state index >= 15 is 0 Å². The molecule has 0 fully saturated rings. The Morgan fingerprint density at radius 3 is 2.71 bits per heavy atom. The van der Waals surface area contributed by atoms with Crippen molar-refractivity contribution in [2.45, 2.75) is 25.3 Å². The van der Waals surface area contributed by atoms with Crippen molar-refractivity contribution in [3.63, 3.8) is 0 Å². The predicted molar refractivity (Wildman–Crippen MR) is 73.7 cm³/mol. The first-order valence-corrected chi connectivity index (χ1v) is 8.70. The summed E-state index contributed by atoms with van der Waals surface area (Å²) in [6.07, 6.45) is 6.02. The lowest BCUT2D eigenvalue weighted by Gasteiger charge is -2.14. The number of nitrogens with one attached hydrogen (secondary N) is 2. The lowest BCUT2D eigenvalue weighted by atomic mass is 10.2. The molecule has 0 radical (unpaired) electrons. The molecule has 17 heavy (non-hydrogen) atoms. The number of aliphatic carboxylic acids is 1. The normalized spacial score (nSPS) is 14.5. The van der Waals surface area contributed by atoms with Crippen LogP contribution in [0, 0.1) is 0 Å². The first-order valence-electron chi connectivity index (χ1n) is 5.58. The molecule has 0 rings (SSSR count). The third-order valence-electron chi connectivity index (χ3n) is 2.17. The number of rotatable bonds is 11. The number of hydrogen-bond donors (Lipinski definition) is 3. The van der Waals surface area contributed by atoms with Crippen molar-refractivity contribution in [1.82, 2.24) is 10.9 Å². The van der Waals surface area contributed by atoms with Gasteiger partial charge in [0, 0.05) is 29.4 Å². The number of carbonyl (C=O) groups is 1. The Balaban J connectivity index is 3.54. The van der Waals surface area contributed by atoms with Crippen LogP contribution >= 0.6 is 11.8 Å². The largest absolute Gasteiger partial charge is 0.480 e. The van der Waals surface area contributed by atoms with Crippen molar-refractivity contribution in [2.75, 3.05) is 30.6 Å². The van der Waals surface area contributed by atoms with Crippen LogP contribution in [-0.2, 0) is 15.6 Å². The maximum absolute atomic E-state index is 10.9. The third-order valence-corrected chi connectivity index (χ3v) is 3.68. The van der Waals surface area contributed by atoms with E-state index in [2.05, 4.69) is 10.9 Å². The Labute approximate surface area is 110 Å². The van der Waals surface area contributed by atoms with Crippen molar-refractivity contribution in [3.05, 3.63) is 0 Å². The van der Waals surface area contributed by atoms with Crippen LogP contribution in [0.1, 0.15) is 19.3 Å². The molecule has 2 atom stereocenters. The van der Waals surface area contributed by atoms with Gasteiger partial charge in [-0.05, 0) is 31.3 Å². The van der Waals surface area contributed by atoms with Crippen LogP contribution in [0.25, 0.3) is 0 Å². The number of thioether (sulfide) groups is 1. The number of hydrogen-bond acceptors (Lipinski definition) is 5. The molecule has 0 saturated carbocycles. The highest BCUT2D eigenvalue weighted by molar-refractivity contribution is 7.98. The van der Waals surface area contributed by atoms with Crippen LogP contribution in [0.15, 0.2) is 0 Å². The van der Waals surface area contributed by atoms with E-state index in [4.69, 9.17) is 5.11 Å². The summed E-state index contributed by atoms with van der Waals surface area (Å²) < 4.78 is 10.8. The molecule has 0 aromatic carbocycles. The number of carboxylic acid groups (broad SMARTS) is 1. The van der Waals surface area contributed by atoms with Gasteiger partial charge in [0.1, 0.15) is 6.04 Å². The molecule has 7 heteroatoms. The summed E-state index contributed by atoms with van der Waals surface area (Å²) in [5.41, 5.74) is 5.71. The van der Waals surface area contributed by atoms with E-state index < -0.39 is 22.8 Å². The molecular weight excluding hydrogens is 260 g/mol. The average Bonchev–Trinajstić information content (AvgIpc) is 2.26. The minimum Gasteiger partial charge on any atom is -0.480 e. The highest BCUT2D eigenvalue weighted by Crippen LogP contribution is 2.00. The first kappa shape index (κ1) is 16.9. The lowest BCUT2D eigenvalue weighted by molar-refractivity contribution is -0.139. The third kappa shape index (κ3) is 10.7. The lowest BCUT2D eigenvalue weighted by Crippen LogP contribution is -2.46. The summed E-state index contributed by atoms with van der Waals surface area (Å²) >= 11 is 1.63. The number of carboxylic acids is 1. The summed E-state index contributed by atoms with van der Waals surface area (Å²) in [6.45, 7) is 0.695. The van der Waals surface area contributed by atoms with Crippen LogP contribution in [0.3, 0.4) is 0 Å². The molecule has 0 amide bonds. The first-order chi connectivity index (χ1) is 8.07. The van der Waals surface area contributed by atoms with E-state index in [1.165, 1.54) is 0 Å². The van der Waals surface area contributed by atoms with Crippen molar-refractivity contribution >= 4 is 28.5 Å². The van der Waals surface area contributed by atoms with Gasteiger partial charge in [0.25, 0.3) is 0 Å². The van der Waals surface area contributed by atoms with Crippen LogP contribution in [0.4, 0.5) is 0 Å². The van der Waals surface area contributed by atoms with Gasteiger partial charge in [-0.15, -0.1) is 0 Å². The molecule has 3 N–H and O–H groups in total. The Morgan fingerprint density at radius 2 is 2.18 bits per heavy atom. The fourth-order valence-corrected chi connectivity index (χ4v) is 2.29. The minimum absolute atomic E-state index is 0.539. The van der Waals surface area contributed by atoms with E-state index in [1.807, 2.05) is 6.26 Å². The molecule has 0 aliphatic heterocycles. The van der Waals surface area contributed by atoms with Crippen LogP contribution < -0.4 is 10.9 Å². The highest BCUT2D eigenvalue weighted by Gasteiger charge is 2.15. The Kier molecular flexibility index (Phi) is 10.9. The fourth-order valence-electron chi connectivity index (χ4n) is 1.21. The van der Waals surface area contributed by atoms with Gasteiger partial charge in [-0.3, -0.25) is 14.4 Å². The summed E-state index contributed by atoms with van der Waals surface area (Å²) in [7, 11) is -0.736. The van der Waals surface area contributed by atoms with Crippen molar-refractivity contribution < 1.29 is 14.1 Å². The quantitative estimate of drug-likeness (QED) is 0.377. The number of unbranched alkanes of at least 4 members (excludes halogenated alkanes) is 1. The van der Waals surface area contributed by atoms with Gasteiger partial charge in [0.05, 0.1) is 0 Å². The SMILES string of the molecule is CSCCC(NNCCCCS(C)=O)C(=O)O. The molecule has 0 spiro atoms. The van der Waals surface area contributed by atoms with Gasteiger partial charge in [0.2, 0.25) is 0 Å². The summed E-state index contributed by atoms with van der Waals surface area (Å²) in [4.78, 5) is 10.9. The predicted octanol–water partition coefficient (Wildman–Crippen LogP) is 0.446. The zero-order valence-corrected chi connectivity index (χ0v) is 12.0. The van der Waals surface area contributed by atoms with Crippen LogP contribution in [0.5, 0.6) is 0 Å². The second-order valence-corrected chi connectivity index (χ2v) is 6.27. The van der Waals surface area contributed by atoms with E-state index in [-0.39, 0.29) is 0 Å². The summed E-state index contributed by atoms with van der Waals surface area (Å²) in [5, 5.41) is 8.92. The standard InChI is InChI=1S/C10H22N2O3S2/c1-16-7-5-9(10(13)14)12-11-6-3-4-8-17(2)15/h9,11-12H,3-8H2,1-2H3,(H,13,14). The second-order valence-electron chi connectivity index (χ2n) is 3.73. The molecule has 0 aromatic heterocycles. The maximum Gasteiger partial charge on any atom is 0.322 e. The molecule has 0 aromatic rings. The van der Waals surface area contributed by atoms with E-state index in [1.54, 1.807) is 18.0 Å². The molecule has 102 valence electrons. The summed E-state index contributed by atoms with van der Waals surface area (Å²) in [5.74, 6) is 0.693. The van der Waals surface area contributed by atoms with Gasteiger partial charge in [-0.2, -0.15) is 11.8 Å². The summed E-state index contributed by atoms with van der Waals surface area (Å²) in [6, 6.07) is -0.539. The van der Waals surface area contributed by atoms with Gasteiger partial charge >= 0.3 is 5.97 Å². The highest BCUT2D eigenvalue weighted by atomic mass is 32.2. The zero-order chi connectivity index (χ0) is 13.1. The molecule has 0 heterocycles. The van der Waals surface area contributed by atoms with E-state index in [9.17, 15) is 9.00 Å². The Morgan fingerprint density at radius 1 is 1.47 bits per heavy atom. The van der Waals surface area contributed by atoms with Gasteiger partial charge in [0.15, 0.2) is 0 Å². The van der Waals surface area contributed by atoms with Gasteiger partial charge in [-0.1, -0.05) is 0 Å².